The molecular weight excluding hydrogens is 418 g/mol. The van der Waals surface area contributed by atoms with E-state index in [0.717, 1.165) is 15.7 Å². The molecule has 0 bridgehead atoms. The van der Waals surface area contributed by atoms with Crippen LogP contribution in [0.2, 0.25) is 0 Å². The van der Waals surface area contributed by atoms with E-state index < -0.39 is 5.69 Å². The number of hydrogen-bond acceptors (Lipinski definition) is 6. The van der Waals surface area contributed by atoms with Gasteiger partial charge in [0.1, 0.15) is 4.70 Å². The molecule has 3 heterocycles. The van der Waals surface area contributed by atoms with Crippen LogP contribution in [0.5, 0.6) is 11.5 Å². The fourth-order valence-corrected chi connectivity index (χ4v) is 4.21. The van der Waals surface area contributed by atoms with E-state index in [-0.39, 0.29) is 24.7 Å². The first-order chi connectivity index (χ1) is 15.1. The molecule has 31 heavy (non-hydrogen) atoms. The summed E-state index contributed by atoms with van der Waals surface area (Å²) in [7, 11) is 0. The Morgan fingerprint density at radius 2 is 1.81 bits per heavy atom. The SMILES string of the molecule is O=C(Cc1ccc(-n2c(=O)[nH]c3ccsc3c2=O)cc1)NCc1ccc2c(c1)OCO2. The summed E-state index contributed by atoms with van der Waals surface area (Å²) in [5.41, 5.74) is 1.82. The summed E-state index contributed by atoms with van der Waals surface area (Å²) in [6.45, 7) is 0.583. The highest BCUT2D eigenvalue weighted by Gasteiger charge is 2.14. The number of nitrogens with zero attached hydrogens (tertiary/aromatic N) is 1. The van der Waals surface area contributed by atoms with Gasteiger partial charge >= 0.3 is 5.69 Å². The monoisotopic (exact) mass is 435 g/mol. The molecule has 0 saturated carbocycles. The quantitative estimate of drug-likeness (QED) is 0.501. The topological polar surface area (TPSA) is 102 Å². The molecule has 0 fully saturated rings. The van der Waals surface area contributed by atoms with Gasteiger partial charge < -0.3 is 19.8 Å². The highest BCUT2D eigenvalue weighted by atomic mass is 32.1. The number of benzene rings is 2. The van der Waals surface area contributed by atoms with Crippen LogP contribution in [-0.4, -0.2) is 22.3 Å². The molecule has 5 rings (SSSR count). The number of H-pyrrole nitrogens is 1. The minimum absolute atomic E-state index is 0.138. The van der Waals surface area contributed by atoms with Crippen LogP contribution in [0.4, 0.5) is 0 Å². The maximum Gasteiger partial charge on any atom is 0.333 e. The van der Waals surface area contributed by atoms with E-state index in [0.29, 0.717) is 33.9 Å². The molecule has 1 aliphatic heterocycles. The maximum atomic E-state index is 12.6. The number of amides is 1. The van der Waals surface area contributed by atoms with E-state index >= 15 is 0 Å². The fraction of sp³-hybridized carbons (Fsp3) is 0.136. The lowest BCUT2D eigenvalue weighted by atomic mass is 10.1. The molecule has 0 spiro atoms. The van der Waals surface area contributed by atoms with Crippen molar-refractivity contribution in [2.45, 2.75) is 13.0 Å². The van der Waals surface area contributed by atoms with Crippen molar-refractivity contribution in [3.8, 4) is 17.2 Å². The summed E-state index contributed by atoms with van der Waals surface area (Å²) in [5, 5.41) is 4.64. The second-order valence-corrected chi connectivity index (χ2v) is 7.96. The van der Waals surface area contributed by atoms with Gasteiger partial charge in [-0.2, -0.15) is 0 Å². The van der Waals surface area contributed by atoms with Crippen molar-refractivity contribution in [3.05, 3.63) is 85.9 Å². The number of carbonyl (C=O) groups is 1. The Kier molecular flexibility index (Phi) is 4.79. The molecular formula is C22H17N3O5S. The molecule has 0 radical (unpaired) electrons. The molecule has 0 aliphatic carbocycles. The fourth-order valence-electron chi connectivity index (χ4n) is 3.44. The van der Waals surface area contributed by atoms with Crippen molar-refractivity contribution < 1.29 is 14.3 Å². The Morgan fingerprint density at radius 1 is 1.03 bits per heavy atom. The van der Waals surface area contributed by atoms with E-state index in [1.165, 1.54) is 11.3 Å². The van der Waals surface area contributed by atoms with E-state index in [9.17, 15) is 14.4 Å². The lowest BCUT2D eigenvalue weighted by Gasteiger charge is -2.08. The van der Waals surface area contributed by atoms with Gasteiger partial charge in [0, 0.05) is 6.54 Å². The third kappa shape index (κ3) is 3.71. The Labute approximate surface area is 179 Å². The van der Waals surface area contributed by atoms with Crippen molar-refractivity contribution >= 4 is 27.5 Å². The highest BCUT2D eigenvalue weighted by molar-refractivity contribution is 7.17. The second-order valence-electron chi connectivity index (χ2n) is 7.04. The number of ether oxygens (including phenoxy) is 2. The van der Waals surface area contributed by atoms with Crippen LogP contribution in [-0.2, 0) is 17.8 Å². The first-order valence-electron chi connectivity index (χ1n) is 9.55. The Morgan fingerprint density at radius 3 is 2.65 bits per heavy atom. The Hall–Kier alpha value is -3.85. The number of aromatic amines is 1. The summed E-state index contributed by atoms with van der Waals surface area (Å²) >= 11 is 1.28. The molecule has 8 nitrogen and oxygen atoms in total. The van der Waals surface area contributed by atoms with Gasteiger partial charge in [-0.05, 0) is 46.8 Å². The number of fused-ring (bicyclic) bond motifs is 2. The molecule has 1 amide bonds. The van der Waals surface area contributed by atoms with Gasteiger partial charge in [-0.25, -0.2) is 9.36 Å². The van der Waals surface area contributed by atoms with Crippen molar-refractivity contribution in [2.75, 3.05) is 6.79 Å². The first kappa shape index (κ1) is 19.1. The van der Waals surface area contributed by atoms with Crippen molar-refractivity contribution in [1.29, 1.82) is 0 Å². The minimum atomic E-state index is -0.495. The van der Waals surface area contributed by atoms with Crippen LogP contribution in [0.15, 0.2) is 63.5 Å². The predicted octanol–water partition coefficient (Wildman–Crippen LogP) is 2.33. The lowest BCUT2D eigenvalue weighted by molar-refractivity contribution is -0.120. The summed E-state index contributed by atoms with van der Waals surface area (Å²) in [4.78, 5) is 40.0. The summed E-state index contributed by atoms with van der Waals surface area (Å²) in [5.74, 6) is 1.24. The van der Waals surface area contributed by atoms with Gasteiger partial charge in [0.15, 0.2) is 11.5 Å². The normalized spacial score (nSPS) is 12.3. The predicted molar refractivity (Wildman–Crippen MR) is 116 cm³/mol. The van der Waals surface area contributed by atoms with E-state index in [1.807, 2.05) is 18.2 Å². The average molecular weight is 435 g/mol. The van der Waals surface area contributed by atoms with Gasteiger partial charge in [0.05, 0.1) is 17.6 Å². The van der Waals surface area contributed by atoms with Crippen LogP contribution >= 0.6 is 11.3 Å². The number of carbonyl (C=O) groups excluding carboxylic acids is 1. The minimum Gasteiger partial charge on any atom is -0.454 e. The van der Waals surface area contributed by atoms with Gasteiger partial charge in [0.25, 0.3) is 5.56 Å². The number of thiophene rings is 1. The molecule has 2 aromatic carbocycles. The third-order valence-electron chi connectivity index (χ3n) is 4.99. The lowest BCUT2D eigenvalue weighted by Crippen LogP contribution is -2.33. The second kappa shape index (κ2) is 7.77. The Balaban J connectivity index is 1.27. The molecule has 0 unspecified atom stereocenters. The largest absolute Gasteiger partial charge is 0.454 e. The summed E-state index contributed by atoms with van der Waals surface area (Å²) in [6.07, 6.45) is 0.181. The Bertz CT molecular complexity index is 1400. The van der Waals surface area contributed by atoms with Gasteiger partial charge in [-0.15, -0.1) is 11.3 Å². The molecule has 156 valence electrons. The van der Waals surface area contributed by atoms with Crippen molar-refractivity contribution in [3.63, 3.8) is 0 Å². The van der Waals surface area contributed by atoms with Crippen LogP contribution in [0.25, 0.3) is 15.9 Å². The summed E-state index contributed by atoms with van der Waals surface area (Å²) in [6, 6.07) is 14.0. The van der Waals surface area contributed by atoms with Gasteiger partial charge in [-0.3, -0.25) is 9.59 Å². The van der Waals surface area contributed by atoms with E-state index in [2.05, 4.69) is 10.3 Å². The third-order valence-corrected chi connectivity index (χ3v) is 5.90. The van der Waals surface area contributed by atoms with E-state index in [4.69, 9.17) is 9.47 Å². The average Bonchev–Trinajstić information content (AvgIpc) is 3.42. The van der Waals surface area contributed by atoms with Crippen LogP contribution in [0.1, 0.15) is 11.1 Å². The molecule has 0 atom stereocenters. The zero-order valence-electron chi connectivity index (χ0n) is 16.2. The number of aromatic nitrogens is 2. The summed E-state index contributed by atoms with van der Waals surface area (Å²) < 4.78 is 12.2. The van der Waals surface area contributed by atoms with Crippen LogP contribution < -0.4 is 26.0 Å². The molecule has 2 N–H and O–H groups in total. The first-order valence-corrected chi connectivity index (χ1v) is 10.4. The van der Waals surface area contributed by atoms with E-state index in [1.54, 1.807) is 35.7 Å². The number of nitrogens with one attached hydrogen (secondary N) is 2. The van der Waals surface area contributed by atoms with Gasteiger partial charge in [-0.1, -0.05) is 18.2 Å². The zero-order chi connectivity index (χ0) is 21.4. The molecule has 1 aliphatic rings. The van der Waals surface area contributed by atoms with Crippen molar-refractivity contribution in [2.24, 2.45) is 0 Å². The number of hydrogen-bond donors (Lipinski definition) is 2. The van der Waals surface area contributed by atoms with Gasteiger partial charge in [0.2, 0.25) is 12.7 Å². The maximum absolute atomic E-state index is 12.6. The van der Waals surface area contributed by atoms with Crippen LogP contribution in [0, 0.1) is 0 Å². The molecule has 4 aromatic rings. The number of rotatable bonds is 5. The smallest absolute Gasteiger partial charge is 0.333 e. The molecule has 0 saturated heterocycles. The molecule has 2 aromatic heterocycles. The standard InChI is InChI=1S/C22H17N3O5S/c26-19(23-11-14-3-6-17-18(9-14)30-12-29-17)10-13-1-4-15(5-2-13)25-21(27)20-16(7-8-31-20)24-22(25)28/h1-9H,10-12H2,(H,23,26)(H,24,28). The zero-order valence-corrected chi connectivity index (χ0v) is 17.0. The highest BCUT2D eigenvalue weighted by Crippen LogP contribution is 2.32. The molecule has 9 heteroatoms. The van der Waals surface area contributed by atoms with Crippen molar-refractivity contribution in [1.82, 2.24) is 14.9 Å². The van der Waals surface area contributed by atoms with Crippen LogP contribution in [0.3, 0.4) is 0 Å².